The Morgan fingerprint density at radius 3 is 2.93 bits per heavy atom. The Balaban J connectivity index is 2.46. The van der Waals surface area contributed by atoms with E-state index in [0.717, 1.165) is 23.0 Å². The van der Waals surface area contributed by atoms with Gasteiger partial charge in [-0.2, -0.15) is 0 Å². The van der Waals surface area contributed by atoms with Gasteiger partial charge in [-0.1, -0.05) is 23.7 Å². The molecule has 0 aliphatic carbocycles. The summed E-state index contributed by atoms with van der Waals surface area (Å²) < 4.78 is 0. The molecule has 0 saturated carbocycles. The summed E-state index contributed by atoms with van der Waals surface area (Å²) in [6.07, 6.45) is 5.74. The van der Waals surface area contributed by atoms with Crippen LogP contribution in [0.3, 0.4) is 0 Å². The molecule has 0 N–H and O–H groups in total. The molecule has 1 aliphatic heterocycles. The minimum absolute atomic E-state index is 0.748. The van der Waals surface area contributed by atoms with Gasteiger partial charge in [0.2, 0.25) is 0 Å². The van der Waals surface area contributed by atoms with Gasteiger partial charge in [-0.15, -0.1) is 0 Å². The fraction of sp³-hybridized carbons (Fsp3) is 0.182. The van der Waals surface area contributed by atoms with Crippen molar-refractivity contribution in [3.8, 4) is 0 Å². The molecule has 0 fully saturated rings. The lowest BCUT2D eigenvalue weighted by molar-refractivity contribution is 0.527. The topological polar surface area (TPSA) is 16.1 Å². The lowest BCUT2D eigenvalue weighted by atomic mass is 10.2. The van der Waals surface area contributed by atoms with Gasteiger partial charge in [0.15, 0.2) is 0 Å². The molecule has 2 nitrogen and oxygen atoms in total. The lowest BCUT2D eigenvalue weighted by Gasteiger charge is -2.24. The minimum Gasteiger partial charge on any atom is -0.368 e. The SMILES string of the molecule is CN1CC=CC(Cl)=C1c1ccccn1. The molecule has 0 spiro atoms. The fourth-order valence-corrected chi connectivity index (χ4v) is 1.82. The van der Waals surface area contributed by atoms with Crippen molar-refractivity contribution >= 4 is 17.3 Å². The van der Waals surface area contributed by atoms with Gasteiger partial charge < -0.3 is 4.90 Å². The van der Waals surface area contributed by atoms with Crippen LogP contribution in [0.5, 0.6) is 0 Å². The molecule has 14 heavy (non-hydrogen) atoms. The summed E-state index contributed by atoms with van der Waals surface area (Å²) in [6.45, 7) is 0.877. The van der Waals surface area contributed by atoms with E-state index in [1.54, 1.807) is 6.20 Å². The van der Waals surface area contributed by atoms with Gasteiger partial charge in [-0.3, -0.25) is 4.98 Å². The Kier molecular flexibility index (Phi) is 2.55. The first-order valence-electron chi connectivity index (χ1n) is 4.48. The number of likely N-dealkylation sites (N-methyl/N-ethyl adjacent to an activating group) is 1. The standard InChI is InChI=1S/C11H11ClN2/c1-14-8-4-5-9(12)11(14)10-6-2-3-7-13-10/h2-7H,8H2,1H3. The van der Waals surface area contributed by atoms with Crippen LogP contribution >= 0.6 is 11.6 Å². The average molecular weight is 207 g/mol. The van der Waals surface area contributed by atoms with Crippen LogP contribution in [0.25, 0.3) is 5.70 Å². The van der Waals surface area contributed by atoms with E-state index < -0.39 is 0 Å². The van der Waals surface area contributed by atoms with E-state index in [2.05, 4.69) is 9.88 Å². The smallest absolute Gasteiger partial charge is 0.0878 e. The first kappa shape index (κ1) is 9.28. The predicted octanol–water partition coefficient (Wildman–Crippen LogP) is 2.49. The van der Waals surface area contributed by atoms with Crippen molar-refractivity contribution < 1.29 is 0 Å². The molecule has 1 aromatic heterocycles. The van der Waals surface area contributed by atoms with E-state index in [4.69, 9.17) is 11.6 Å². The van der Waals surface area contributed by atoms with Crippen molar-refractivity contribution in [3.05, 3.63) is 47.3 Å². The molecular weight excluding hydrogens is 196 g/mol. The maximum absolute atomic E-state index is 6.12. The van der Waals surface area contributed by atoms with E-state index in [9.17, 15) is 0 Å². The Hall–Kier alpha value is -1.28. The lowest BCUT2D eigenvalue weighted by Crippen LogP contribution is -2.20. The molecule has 0 aromatic carbocycles. The molecule has 1 aliphatic rings. The number of pyridine rings is 1. The Labute approximate surface area is 88.5 Å². The molecular formula is C11H11ClN2. The molecule has 0 bridgehead atoms. The van der Waals surface area contributed by atoms with Gasteiger partial charge in [-0.05, 0) is 18.2 Å². The zero-order chi connectivity index (χ0) is 9.97. The highest BCUT2D eigenvalue weighted by molar-refractivity contribution is 6.34. The second kappa shape index (κ2) is 3.84. The van der Waals surface area contributed by atoms with Crippen LogP contribution in [0.2, 0.25) is 0 Å². The molecule has 0 atom stereocenters. The van der Waals surface area contributed by atoms with Gasteiger partial charge in [0.1, 0.15) is 0 Å². The van der Waals surface area contributed by atoms with Crippen LogP contribution in [0.1, 0.15) is 5.69 Å². The molecule has 3 heteroatoms. The fourth-order valence-electron chi connectivity index (χ4n) is 1.49. The first-order valence-corrected chi connectivity index (χ1v) is 4.85. The van der Waals surface area contributed by atoms with E-state index in [1.165, 1.54) is 0 Å². The van der Waals surface area contributed by atoms with Gasteiger partial charge in [0, 0.05) is 19.8 Å². The van der Waals surface area contributed by atoms with E-state index in [0.29, 0.717) is 0 Å². The van der Waals surface area contributed by atoms with Crippen molar-refractivity contribution in [2.24, 2.45) is 0 Å². The average Bonchev–Trinajstić information content (AvgIpc) is 2.19. The first-order chi connectivity index (χ1) is 6.79. The Morgan fingerprint density at radius 1 is 1.43 bits per heavy atom. The van der Waals surface area contributed by atoms with Crippen molar-refractivity contribution in [1.29, 1.82) is 0 Å². The second-order valence-electron chi connectivity index (χ2n) is 3.19. The summed E-state index contributed by atoms with van der Waals surface area (Å²) in [5.41, 5.74) is 1.92. The van der Waals surface area contributed by atoms with Crippen molar-refractivity contribution in [3.63, 3.8) is 0 Å². The normalized spacial score (nSPS) is 16.3. The van der Waals surface area contributed by atoms with Crippen LogP contribution < -0.4 is 0 Å². The molecule has 0 unspecified atom stereocenters. The van der Waals surface area contributed by atoms with E-state index >= 15 is 0 Å². The summed E-state index contributed by atoms with van der Waals surface area (Å²) in [7, 11) is 2.01. The van der Waals surface area contributed by atoms with Crippen LogP contribution in [-0.4, -0.2) is 23.5 Å². The van der Waals surface area contributed by atoms with Gasteiger partial charge >= 0.3 is 0 Å². The highest BCUT2D eigenvalue weighted by Gasteiger charge is 2.14. The number of halogens is 1. The molecule has 0 radical (unpaired) electrons. The second-order valence-corrected chi connectivity index (χ2v) is 3.60. The molecule has 72 valence electrons. The van der Waals surface area contributed by atoms with E-state index in [-0.39, 0.29) is 0 Å². The summed E-state index contributed by atoms with van der Waals surface area (Å²) in [6, 6.07) is 5.83. The van der Waals surface area contributed by atoms with Gasteiger partial charge in [0.25, 0.3) is 0 Å². The third kappa shape index (κ3) is 1.66. The molecule has 2 rings (SSSR count). The van der Waals surface area contributed by atoms with E-state index in [1.807, 2.05) is 37.4 Å². The maximum atomic E-state index is 6.12. The van der Waals surface area contributed by atoms with Crippen LogP contribution in [0.4, 0.5) is 0 Å². The van der Waals surface area contributed by atoms with Crippen LogP contribution in [0.15, 0.2) is 41.6 Å². The number of nitrogens with zero attached hydrogens (tertiary/aromatic N) is 2. The zero-order valence-corrected chi connectivity index (χ0v) is 8.70. The quantitative estimate of drug-likeness (QED) is 0.702. The highest BCUT2D eigenvalue weighted by atomic mass is 35.5. The number of hydrogen-bond acceptors (Lipinski definition) is 2. The molecule has 1 aromatic rings. The number of aromatic nitrogens is 1. The maximum Gasteiger partial charge on any atom is 0.0878 e. The third-order valence-electron chi connectivity index (χ3n) is 2.16. The van der Waals surface area contributed by atoms with Gasteiger partial charge in [0.05, 0.1) is 16.4 Å². The Bertz CT molecular complexity index is 382. The van der Waals surface area contributed by atoms with Gasteiger partial charge in [-0.25, -0.2) is 0 Å². The monoisotopic (exact) mass is 206 g/mol. The molecule has 0 saturated heterocycles. The third-order valence-corrected chi connectivity index (χ3v) is 2.46. The van der Waals surface area contributed by atoms with Crippen LogP contribution in [-0.2, 0) is 0 Å². The molecule has 2 heterocycles. The summed E-state index contributed by atoms with van der Waals surface area (Å²) >= 11 is 6.12. The van der Waals surface area contributed by atoms with Crippen molar-refractivity contribution in [1.82, 2.24) is 9.88 Å². The molecule has 0 amide bonds. The van der Waals surface area contributed by atoms with Crippen molar-refractivity contribution in [2.75, 3.05) is 13.6 Å². The number of hydrogen-bond donors (Lipinski definition) is 0. The summed E-state index contributed by atoms with van der Waals surface area (Å²) in [5, 5.41) is 0.748. The zero-order valence-electron chi connectivity index (χ0n) is 7.94. The highest BCUT2D eigenvalue weighted by Crippen LogP contribution is 2.26. The van der Waals surface area contributed by atoms with Crippen molar-refractivity contribution in [2.45, 2.75) is 0 Å². The minimum atomic E-state index is 0.748. The summed E-state index contributed by atoms with van der Waals surface area (Å²) in [5.74, 6) is 0. The largest absolute Gasteiger partial charge is 0.368 e. The van der Waals surface area contributed by atoms with Crippen LogP contribution in [0, 0.1) is 0 Å². The number of rotatable bonds is 1. The summed E-state index contributed by atoms with van der Waals surface area (Å²) in [4.78, 5) is 6.37. The predicted molar refractivity (Wildman–Crippen MR) is 58.8 cm³/mol. The Morgan fingerprint density at radius 2 is 2.29 bits per heavy atom. The number of allylic oxidation sites excluding steroid dienone is 2.